The Kier molecular flexibility index (Phi) is 103. The van der Waals surface area contributed by atoms with Crippen molar-refractivity contribution >= 4 is 68.5 Å². The molecule has 0 fully saturated rings. The first-order chi connectivity index (χ1) is 0. The van der Waals surface area contributed by atoms with Crippen LogP contribution in [0.4, 0.5) is 0 Å². The van der Waals surface area contributed by atoms with E-state index < -0.39 is 0 Å². The average Bonchev–Trinajstić information content (AvgIpc) is 0. The van der Waals surface area contributed by atoms with Crippen LogP contribution >= 0.6 is 0 Å². The predicted molar refractivity (Wildman–Crippen MR) is 15.0 cm³/mol. The van der Waals surface area contributed by atoms with Crippen molar-refractivity contribution in [3.8, 4) is 0 Å². The van der Waals surface area contributed by atoms with Crippen LogP contribution in [0.1, 0.15) is 0 Å². The normalized spacial score (nSPS) is 0. The van der Waals surface area contributed by atoms with Crippen molar-refractivity contribution in [3.63, 3.8) is 0 Å². The standard InChI is InChI=1S/Mg.Nd.O.Sr.2H/q+2;;-2;;;. The SMILES string of the molecule is [Mg+2].[Nd].[O-2].[SrH2]. The molecular weight excluding hydrogens is 272 g/mol. The van der Waals surface area contributed by atoms with Gasteiger partial charge in [0.1, 0.15) is 0 Å². The van der Waals surface area contributed by atoms with Crippen molar-refractivity contribution in [2.45, 2.75) is 0 Å². The monoisotopic (exact) mass is 272 g/mol. The summed E-state index contributed by atoms with van der Waals surface area (Å²) in [7, 11) is 0. The van der Waals surface area contributed by atoms with E-state index in [9.17, 15) is 0 Å². The molecule has 0 aliphatic rings. The van der Waals surface area contributed by atoms with Gasteiger partial charge in [-0.3, -0.25) is 0 Å². The number of hydrogen-bond acceptors (Lipinski definition) is 0. The molecule has 4 heteroatoms. The summed E-state index contributed by atoms with van der Waals surface area (Å²) < 4.78 is 0. The van der Waals surface area contributed by atoms with Crippen LogP contribution in [-0.4, -0.2) is 68.5 Å². The average molecular weight is 274 g/mol. The molecule has 0 amide bonds. The zero-order valence-electron chi connectivity index (χ0n) is 1.62. The molecule has 0 aliphatic carbocycles. The zero-order chi connectivity index (χ0) is 0. The molecule has 0 saturated heterocycles. The molecule has 0 N–H and O–H groups in total. The Labute approximate surface area is 112 Å². The van der Waals surface area contributed by atoms with Crippen molar-refractivity contribution in [2.24, 2.45) is 0 Å². The van der Waals surface area contributed by atoms with Crippen LogP contribution in [-0.2, 0) is 5.48 Å². The van der Waals surface area contributed by atoms with E-state index in [0.29, 0.717) is 0 Å². The molecule has 0 saturated carbocycles. The van der Waals surface area contributed by atoms with Crippen LogP contribution in [0.25, 0.3) is 0 Å². The zero-order valence-corrected chi connectivity index (χ0v) is 6.24. The van der Waals surface area contributed by atoms with E-state index in [4.69, 9.17) is 0 Å². The Morgan fingerprint density at radius 2 is 1.00 bits per heavy atom. The fraction of sp³-hybridized carbons (Fsp3) is 0. The van der Waals surface area contributed by atoms with E-state index in [2.05, 4.69) is 0 Å². The molecule has 0 bridgehead atoms. The van der Waals surface area contributed by atoms with Gasteiger partial charge in [-0.1, -0.05) is 0 Å². The van der Waals surface area contributed by atoms with E-state index in [-0.39, 0.29) is 115 Å². The van der Waals surface area contributed by atoms with Crippen LogP contribution in [0.3, 0.4) is 0 Å². The molecule has 0 unspecified atom stereocenters. The van der Waals surface area contributed by atoms with Gasteiger partial charge in [-0.05, 0) is 0 Å². The van der Waals surface area contributed by atoms with Gasteiger partial charge in [0, 0.05) is 40.8 Å². The molecule has 0 rings (SSSR count). The van der Waals surface area contributed by atoms with E-state index in [1.54, 1.807) is 0 Å². The molecule has 0 aliphatic heterocycles. The molecule has 0 heterocycles. The van der Waals surface area contributed by atoms with Crippen molar-refractivity contribution in [3.05, 3.63) is 0 Å². The summed E-state index contributed by atoms with van der Waals surface area (Å²) in [6.07, 6.45) is 0. The molecule has 0 radical (unpaired) electrons. The topological polar surface area (TPSA) is 28.5 Å². The quantitative estimate of drug-likeness (QED) is 0.485. The first-order valence-electron chi connectivity index (χ1n) is 0. The second-order valence-corrected chi connectivity index (χ2v) is 0. The number of hydrogen-bond donors (Lipinski definition) is 0. The van der Waals surface area contributed by atoms with Gasteiger partial charge in [-0.15, -0.1) is 0 Å². The Hall–Kier alpha value is 3.56. The summed E-state index contributed by atoms with van der Waals surface area (Å²) in [5, 5.41) is 0. The Bertz CT molecular complexity index is 8.00. The summed E-state index contributed by atoms with van der Waals surface area (Å²) >= 11 is 0. The van der Waals surface area contributed by atoms with E-state index in [0.717, 1.165) is 0 Å². The van der Waals surface area contributed by atoms with Gasteiger partial charge in [0.15, 0.2) is 0 Å². The third-order valence-electron chi connectivity index (χ3n) is 0. The van der Waals surface area contributed by atoms with E-state index >= 15 is 0 Å². The van der Waals surface area contributed by atoms with Gasteiger partial charge in [0.05, 0.1) is 0 Å². The van der Waals surface area contributed by atoms with Crippen LogP contribution < -0.4 is 0 Å². The van der Waals surface area contributed by atoms with Crippen LogP contribution in [0.5, 0.6) is 0 Å². The minimum absolute atomic E-state index is 0. The van der Waals surface area contributed by atoms with E-state index in [1.807, 2.05) is 0 Å². The first kappa shape index (κ1) is 25.7. The molecule has 4 heavy (non-hydrogen) atoms. The van der Waals surface area contributed by atoms with Gasteiger partial charge in [-0.25, -0.2) is 0 Å². The van der Waals surface area contributed by atoms with E-state index in [1.165, 1.54) is 0 Å². The fourth-order valence-electron chi connectivity index (χ4n) is 0. The third-order valence-corrected chi connectivity index (χ3v) is 0. The molecule has 0 aromatic carbocycles. The van der Waals surface area contributed by atoms with Crippen molar-refractivity contribution < 1.29 is 46.3 Å². The van der Waals surface area contributed by atoms with Gasteiger partial charge < -0.3 is 5.48 Å². The molecular formula is H2MgNdOSr. The van der Waals surface area contributed by atoms with Gasteiger partial charge in [0.2, 0.25) is 0 Å². The van der Waals surface area contributed by atoms with Crippen LogP contribution in [0.2, 0.25) is 0 Å². The summed E-state index contributed by atoms with van der Waals surface area (Å²) in [6, 6.07) is 0. The Balaban J connectivity index is 0. The maximum atomic E-state index is 0. The summed E-state index contributed by atoms with van der Waals surface area (Å²) in [5.74, 6) is 0. The predicted octanol–water partition coefficient (Wildman–Crippen LogP) is -1.42. The fourth-order valence-corrected chi connectivity index (χ4v) is 0. The van der Waals surface area contributed by atoms with Crippen molar-refractivity contribution in [1.82, 2.24) is 0 Å². The van der Waals surface area contributed by atoms with Crippen LogP contribution in [0, 0.1) is 40.8 Å². The van der Waals surface area contributed by atoms with Crippen molar-refractivity contribution in [2.75, 3.05) is 0 Å². The van der Waals surface area contributed by atoms with Gasteiger partial charge in [-0.2, -0.15) is 0 Å². The summed E-state index contributed by atoms with van der Waals surface area (Å²) in [4.78, 5) is 0. The third kappa shape index (κ3) is 9.12. The summed E-state index contributed by atoms with van der Waals surface area (Å²) in [6.45, 7) is 0. The maximum absolute atomic E-state index is 0. The van der Waals surface area contributed by atoms with Gasteiger partial charge >= 0.3 is 68.5 Å². The molecule has 0 aromatic rings. The Morgan fingerprint density at radius 1 is 1.00 bits per heavy atom. The van der Waals surface area contributed by atoms with Gasteiger partial charge in [0.25, 0.3) is 0 Å². The number of rotatable bonds is 0. The second-order valence-electron chi connectivity index (χ2n) is 0. The summed E-state index contributed by atoms with van der Waals surface area (Å²) in [5.41, 5.74) is 0. The molecule has 16 valence electrons. The minimum atomic E-state index is 0. The van der Waals surface area contributed by atoms with Crippen LogP contribution in [0.15, 0.2) is 0 Å². The molecule has 0 aromatic heterocycles. The second kappa shape index (κ2) is 16.0. The molecule has 0 spiro atoms. The first-order valence-corrected chi connectivity index (χ1v) is 0. The Morgan fingerprint density at radius 3 is 1.00 bits per heavy atom. The van der Waals surface area contributed by atoms with Crippen molar-refractivity contribution in [1.29, 1.82) is 0 Å². The molecule has 1 nitrogen and oxygen atoms in total. The molecule has 0 atom stereocenters.